The summed E-state index contributed by atoms with van der Waals surface area (Å²) in [5, 5.41) is 10.0. The molecule has 3 aromatic rings. The van der Waals surface area contributed by atoms with Gasteiger partial charge in [0.2, 0.25) is 11.8 Å². The van der Waals surface area contributed by atoms with Crippen molar-refractivity contribution in [2.45, 2.75) is 44.3 Å². The minimum Gasteiger partial charge on any atom is -0.338 e. The van der Waals surface area contributed by atoms with Gasteiger partial charge in [-0.05, 0) is 58.9 Å². The van der Waals surface area contributed by atoms with E-state index >= 15 is 0 Å². The van der Waals surface area contributed by atoms with E-state index in [4.69, 9.17) is 4.52 Å². The molecule has 2 N–H and O–H groups in total. The Morgan fingerprint density at radius 3 is 2.46 bits per heavy atom. The Bertz CT molecular complexity index is 1100. The lowest BCUT2D eigenvalue weighted by molar-refractivity contribution is 0.429. The maximum atomic E-state index is 12.7. The minimum atomic E-state index is -3.46. The van der Waals surface area contributed by atoms with E-state index in [-0.39, 0.29) is 4.90 Å². The Hall–Kier alpha value is -2.94. The number of hydrogen-bond acceptors (Lipinski definition) is 8. The van der Waals surface area contributed by atoms with Gasteiger partial charge in [-0.15, -0.1) is 0 Å². The fourth-order valence-corrected chi connectivity index (χ4v) is 3.61. The molecule has 9 heteroatoms. The molecule has 0 unspecified atom stereocenters. The zero-order valence-electron chi connectivity index (χ0n) is 16.4. The Balaban J connectivity index is 1.83. The van der Waals surface area contributed by atoms with Crippen molar-refractivity contribution < 1.29 is 12.9 Å². The number of rotatable bonds is 5. The number of nitrogens with zero attached hydrogens (tertiary/aromatic N) is 3. The molecule has 2 aromatic heterocycles. The van der Waals surface area contributed by atoms with Gasteiger partial charge in [0.05, 0.1) is 15.3 Å². The van der Waals surface area contributed by atoms with Gasteiger partial charge in [-0.3, -0.25) is 0 Å². The van der Waals surface area contributed by atoms with Gasteiger partial charge in [0.25, 0.3) is 0 Å². The summed E-state index contributed by atoms with van der Waals surface area (Å²) in [5.74, 6) is 1.36. The lowest BCUT2D eigenvalue weighted by Gasteiger charge is -2.19. The van der Waals surface area contributed by atoms with E-state index < -0.39 is 14.6 Å². The van der Waals surface area contributed by atoms with Crippen LogP contribution >= 0.6 is 0 Å². The largest absolute Gasteiger partial charge is 0.338 e. The van der Waals surface area contributed by atoms with Crippen LogP contribution in [0.15, 0.2) is 45.9 Å². The van der Waals surface area contributed by atoms with Crippen molar-refractivity contribution in [3.05, 3.63) is 47.8 Å². The summed E-state index contributed by atoms with van der Waals surface area (Å²) in [6.45, 7) is 8.78. The Labute approximate surface area is 164 Å². The Morgan fingerprint density at radius 1 is 1.07 bits per heavy atom. The summed E-state index contributed by atoms with van der Waals surface area (Å²) in [4.78, 5) is 8.81. The summed E-state index contributed by atoms with van der Waals surface area (Å²) in [5.41, 5.74) is 2.27. The average molecular weight is 401 g/mol. The van der Waals surface area contributed by atoms with E-state index in [1.165, 1.54) is 0 Å². The highest BCUT2D eigenvalue weighted by Gasteiger charge is 2.30. The predicted octanol–water partition coefficient (Wildman–Crippen LogP) is 4.14. The first-order valence-electron chi connectivity index (χ1n) is 8.72. The molecular weight excluding hydrogens is 378 g/mol. The lowest BCUT2D eigenvalue weighted by Crippen LogP contribution is -2.27. The number of nitrogens with one attached hydrogen (secondary N) is 2. The molecule has 8 nitrogen and oxygen atoms in total. The molecule has 2 heterocycles. The van der Waals surface area contributed by atoms with Crippen molar-refractivity contribution >= 4 is 33.2 Å². The Morgan fingerprint density at radius 2 is 1.82 bits per heavy atom. The van der Waals surface area contributed by atoms with E-state index in [2.05, 4.69) is 25.8 Å². The number of hydrogen-bond donors (Lipinski definition) is 2. The summed E-state index contributed by atoms with van der Waals surface area (Å²) in [7, 11) is -3.46. The van der Waals surface area contributed by atoms with Crippen molar-refractivity contribution in [1.29, 1.82) is 0 Å². The van der Waals surface area contributed by atoms with Crippen LogP contribution in [0.3, 0.4) is 0 Å². The summed E-state index contributed by atoms with van der Waals surface area (Å²) in [6, 6.07) is 8.30. The zero-order chi connectivity index (χ0) is 20.5. The molecule has 0 saturated heterocycles. The van der Waals surface area contributed by atoms with Crippen molar-refractivity contribution in [2.75, 3.05) is 10.6 Å². The molecule has 0 amide bonds. The maximum Gasteiger partial charge on any atom is 0.233 e. The summed E-state index contributed by atoms with van der Waals surface area (Å²) in [6.07, 6.45) is 1.59. The van der Waals surface area contributed by atoms with Crippen LogP contribution in [-0.2, 0) is 9.84 Å². The molecule has 28 heavy (non-hydrogen) atoms. The van der Waals surface area contributed by atoms with E-state index in [0.717, 1.165) is 11.3 Å². The van der Waals surface area contributed by atoms with Crippen LogP contribution in [0.5, 0.6) is 0 Å². The molecular formula is C19H23N5O3S. The molecule has 148 valence electrons. The van der Waals surface area contributed by atoms with Gasteiger partial charge in [0, 0.05) is 17.4 Å². The summed E-state index contributed by atoms with van der Waals surface area (Å²) >= 11 is 0. The molecule has 0 spiro atoms. The molecule has 0 saturated carbocycles. The van der Waals surface area contributed by atoms with Gasteiger partial charge in [-0.2, -0.15) is 4.98 Å². The van der Waals surface area contributed by atoms with Crippen LogP contribution < -0.4 is 10.6 Å². The van der Waals surface area contributed by atoms with Gasteiger partial charge < -0.3 is 15.2 Å². The molecule has 0 radical (unpaired) electrons. The smallest absolute Gasteiger partial charge is 0.233 e. The third kappa shape index (κ3) is 3.99. The average Bonchev–Trinajstić information content (AvgIpc) is 2.93. The molecule has 0 fully saturated rings. The van der Waals surface area contributed by atoms with E-state index in [0.29, 0.717) is 23.3 Å². The standard InChI is InChI=1S/C19H23N5O3S/c1-12-13(2)24-27-17(12)22-16-9-10-20-18(23-16)21-14-7-6-8-15(11-14)28(25,26)19(3,4)5/h6-11H,1-5H3,(H2,20,21,22,23). The number of aryl methyl sites for hydroxylation is 1. The van der Waals surface area contributed by atoms with Crippen LogP contribution in [0.25, 0.3) is 0 Å². The van der Waals surface area contributed by atoms with Crippen LogP contribution in [0.1, 0.15) is 32.0 Å². The first-order valence-corrected chi connectivity index (χ1v) is 10.2. The van der Waals surface area contributed by atoms with Gasteiger partial charge in [0.15, 0.2) is 9.84 Å². The van der Waals surface area contributed by atoms with Crippen molar-refractivity contribution in [3.8, 4) is 0 Å². The SMILES string of the molecule is Cc1noc(Nc2ccnc(Nc3cccc(S(=O)(=O)C(C)(C)C)c3)n2)c1C. The molecule has 3 rings (SSSR count). The summed E-state index contributed by atoms with van der Waals surface area (Å²) < 4.78 is 29.7. The quantitative estimate of drug-likeness (QED) is 0.656. The van der Waals surface area contributed by atoms with Gasteiger partial charge >= 0.3 is 0 Å². The molecule has 0 aliphatic rings. The number of benzene rings is 1. The fraction of sp³-hybridized carbons (Fsp3) is 0.316. The Kier molecular flexibility index (Phi) is 5.12. The predicted molar refractivity (Wildman–Crippen MR) is 108 cm³/mol. The fourth-order valence-electron chi connectivity index (χ4n) is 2.36. The minimum absolute atomic E-state index is 0.243. The first-order chi connectivity index (χ1) is 13.1. The first kappa shape index (κ1) is 19.8. The van der Waals surface area contributed by atoms with E-state index in [9.17, 15) is 8.42 Å². The van der Waals surface area contributed by atoms with E-state index in [1.54, 1.807) is 57.3 Å². The van der Waals surface area contributed by atoms with Gasteiger partial charge in [0.1, 0.15) is 5.82 Å². The third-order valence-electron chi connectivity index (χ3n) is 4.26. The van der Waals surface area contributed by atoms with Crippen molar-refractivity contribution in [1.82, 2.24) is 15.1 Å². The lowest BCUT2D eigenvalue weighted by atomic mass is 10.3. The molecule has 0 aliphatic heterocycles. The van der Waals surface area contributed by atoms with Crippen molar-refractivity contribution in [3.63, 3.8) is 0 Å². The second-order valence-corrected chi connectivity index (χ2v) is 10.1. The second kappa shape index (κ2) is 7.23. The van der Waals surface area contributed by atoms with Gasteiger partial charge in [-0.1, -0.05) is 11.2 Å². The number of aromatic nitrogens is 3. The van der Waals surface area contributed by atoms with E-state index in [1.807, 2.05) is 13.8 Å². The van der Waals surface area contributed by atoms with Gasteiger partial charge in [-0.25, -0.2) is 13.4 Å². The number of sulfone groups is 1. The van der Waals surface area contributed by atoms with Crippen LogP contribution in [0.2, 0.25) is 0 Å². The zero-order valence-corrected chi connectivity index (χ0v) is 17.3. The normalized spacial score (nSPS) is 12.0. The highest BCUT2D eigenvalue weighted by molar-refractivity contribution is 7.92. The number of anilines is 4. The monoisotopic (exact) mass is 401 g/mol. The van der Waals surface area contributed by atoms with Crippen molar-refractivity contribution in [2.24, 2.45) is 0 Å². The molecule has 0 bridgehead atoms. The third-order valence-corrected chi connectivity index (χ3v) is 6.75. The highest BCUT2D eigenvalue weighted by atomic mass is 32.2. The maximum absolute atomic E-state index is 12.7. The molecule has 1 aromatic carbocycles. The highest BCUT2D eigenvalue weighted by Crippen LogP contribution is 2.27. The van der Waals surface area contributed by atoms with Crippen LogP contribution in [-0.4, -0.2) is 28.3 Å². The molecule has 0 atom stereocenters. The topological polar surface area (TPSA) is 110 Å². The van der Waals surface area contributed by atoms with Crippen LogP contribution in [0.4, 0.5) is 23.3 Å². The van der Waals surface area contributed by atoms with Crippen LogP contribution in [0, 0.1) is 13.8 Å². The second-order valence-electron chi connectivity index (χ2n) is 7.38. The molecule has 0 aliphatic carbocycles.